The molecule has 4 heteroatoms. The van der Waals surface area contributed by atoms with E-state index in [1.165, 1.54) is 0 Å². The molecule has 0 aliphatic heterocycles. The van der Waals surface area contributed by atoms with Crippen molar-refractivity contribution < 1.29 is 0 Å². The summed E-state index contributed by atoms with van der Waals surface area (Å²) in [5, 5.41) is 9.28. The van der Waals surface area contributed by atoms with Gasteiger partial charge in [-0.2, -0.15) is 5.26 Å². The standard InChI is InChI=1S/C19H19N3O/c1-3-4-11-22-17-10-9-14(12-18(17)21(2)19(22)23)16-8-6-5-7-15(16)13-20/h5-10,12H,3-4,11H2,1-2H3. The zero-order chi connectivity index (χ0) is 16.4. The van der Waals surface area contributed by atoms with E-state index in [9.17, 15) is 10.1 Å². The summed E-state index contributed by atoms with van der Waals surface area (Å²) < 4.78 is 3.52. The number of nitrogens with zero attached hydrogens (tertiary/aromatic N) is 3. The van der Waals surface area contributed by atoms with Gasteiger partial charge in [-0.25, -0.2) is 4.79 Å². The van der Waals surface area contributed by atoms with E-state index in [4.69, 9.17) is 0 Å². The second-order valence-corrected chi connectivity index (χ2v) is 5.71. The van der Waals surface area contributed by atoms with E-state index < -0.39 is 0 Å². The molecule has 2 aromatic carbocycles. The van der Waals surface area contributed by atoms with Crippen molar-refractivity contribution >= 4 is 11.0 Å². The highest BCUT2D eigenvalue weighted by Gasteiger charge is 2.12. The smallest absolute Gasteiger partial charge is 0.295 e. The number of unbranched alkanes of at least 4 members (excludes halogenated alkanes) is 1. The molecular weight excluding hydrogens is 286 g/mol. The molecule has 0 fully saturated rings. The zero-order valence-electron chi connectivity index (χ0n) is 13.4. The maximum atomic E-state index is 12.4. The quantitative estimate of drug-likeness (QED) is 0.738. The number of imidazole rings is 1. The zero-order valence-corrected chi connectivity index (χ0v) is 13.4. The molecule has 0 bridgehead atoms. The molecule has 0 radical (unpaired) electrons. The van der Waals surface area contributed by atoms with Gasteiger partial charge in [0.05, 0.1) is 22.7 Å². The summed E-state index contributed by atoms with van der Waals surface area (Å²) in [6, 6.07) is 15.7. The second kappa shape index (κ2) is 6.13. The van der Waals surface area contributed by atoms with Crippen LogP contribution in [0.1, 0.15) is 25.3 Å². The summed E-state index contributed by atoms with van der Waals surface area (Å²) in [7, 11) is 1.80. The molecule has 0 saturated carbocycles. The summed E-state index contributed by atoms with van der Waals surface area (Å²) in [6.45, 7) is 2.86. The maximum absolute atomic E-state index is 12.4. The third kappa shape index (κ3) is 2.55. The van der Waals surface area contributed by atoms with Crippen LogP contribution in [0.25, 0.3) is 22.2 Å². The Morgan fingerprint density at radius 1 is 1.13 bits per heavy atom. The molecule has 23 heavy (non-hydrogen) atoms. The molecule has 0 saturated heterocycles. The highest BCUT2D eigenvalue weighted by molar-refractivity contribution is 5.84. The fourth-order valence-corrected chi connectivity index (χ4v) is 2.94. The topological polar surface area (TPSA) is 50.7 Å². The molecular formula is C19H19N3O. The van der Waals surface area contributed by atoms with Crippen LogP contribution in [0.3, 0.4) is 0 Å². The lowest BCUT2D eigenvalue weighted by Crippen LogP contribution is -2.22. The molecule has 0 amide bonds. The van der Waals surface area contributed by atoms with E-state index in [0.717, 1.165) is 41.5 Å². The minimum atomic E-state index is 0.0131. The minimum Gasteiger partial charge on any atom is -0.295 e. The summed E-state index contributed by atoms with van der Waals surface area (Å²) in [5.41, 5.74) is 4.35. The molecule has 0 spiro atoms. The molecule has 3 aromatic rings. The summed E-state index contributed by atoms with van der Waals surface area (Å²) >= 11 is 0. The Labute approximate surface area is 135 Å². The van der Waals surface area contributed by atoms with Crippen LogP contribution in [0.15, 0.2) is 47.3 Å². The third-order valence-corrected chi connectivity index (χ3v) is 4.24. The maximum Gasteiger partial charge on any atom is 0.328 e. The Morgan fingerprint density at radius 3 is 2.65 bits per heavy atom. The molecule has 0 aliphatic rings. The molecule has 0 unspecified atom stereocenters. The van der Waals surface area contributed by atoms with Crippen LogP contribution in [0.4, 0.5) is 0 Å². The largest absolute Gasteiger partial charge is 0.328 e. The Kier molecular flexibility index (Phi) is 4.03. The van der Waals surface area contributed by atoms with Gasteiger partial charge in [0.1, 0.15) is 0 Å². The Bertz CT molecular complexity index is 957. The number of aromatic nitrogens is 2. The van der Waals surface area contributed by atoms with Gasteiger partial charge >= 0.3 is 5.69 Å². The van der Waals surface area contributed by atoms with E-state index in [1.54, 1.807) is 11.6 Å². The highest BCUT2D eigenvalue weighted by atomic mass is 16.1. The van der Waals surface area contributed by atoms with Crippen LogP contribution >= 0.6 is 0 Å². The van der Waals surface area contributed by atoms with Gasteiger partial charge in [-0.15, -0.1) is 0 Å². The highest BCUT2D eigenvalue weighted by Crippen LogP contribution is 2.26. The first-order valence-electron chi connectivity index (χ1n) is 7.86. The van der Waals surface area contributed by atoms with E-state index >= 15 is 0 Å². The summed E-state index contributed by atoms with van der Waals surface area (Å²) in [5.74, 6) is 0. The molecule has 3 rings (SSSR count). The van der Waals surface area contributed by atoms with Crippen LogP contribution in [0.5, 0.6) is 0 Å². The number of fused-ring (bicyclic) bond motifs is 1. The summed E-state index contributed by atoms with van der Waals surface area (Å²) in [6.07, 6.45) is 2.04. The Morgan fingerprint density at radius 2 is 1.91 bits per heavy atom. The van der Waals surface area contributed by atoms with Gasteiger partial charge in [-0.1, -0.05) is 37.6 Å². The first-order chi connectivity index (χ1) is 11.2. The molecule has 0 atom stereocenters. The van der Waals surface area contributed by atoms with Gasteiger partial charge in [0, 0.05) is 13.6 Å². The molecule has 1 aromatic heterocycles. The van der Waals surface area contributed by atoms with Crippen molar-refractivity contribution in [3.05, 3.63) is 58.5 Å². The van der Waals surface area contributed by atoms with Crippen molar-refractivity contribution in [3.63, 3.8) is 0 Å². The lowest BCUT2D eigenvalue weighted by molar-refractivity contribution is 0.615. The molecule has 0 aliphatic carbocycles. The fraction of sp³-hybridized carbons (Fsp3) is 0.263. The number of rotatable bonds is 4. The average Bonchev–Trinajstić information content (AvgIpc) is 2.83. The van der Waals surface area contributed by atoms with Crippen molar-refractivity contribution in [1.29, 1.82) is 5.26 Å². The third-order valence-electron chi connectivity index (χ3n) is 4.24. The van der Waals surface area contributed by atoms with Crippen LogP contribution < -0.4 is 5.69 Å². The molecule has 116 valence electrons. The predicted octanol–water partition coefficient (Wildman–Crippen LogP) is 3.68. The minimum absolute atomic E-state index is 0.0131. The molecule has 4 nitrogen and oxygen atoms in total. The van der Waals surface area contributed by atoms with Gasteiger partial charge in [0.2, 0.25) is 0 Å². The van der Waals surface area contributed by atoms with Crippen molar-refractivity contribution in [2.75, 3.05) is 0 Å². The number of nitriles is 1. The lowest BCUT2D eigenvalue weighted by atomic mass is 10.00. The number of benzene rings is 2. The van der Waals surface area contributed by atoms with Gasteiger partial charge in [0.15, 0.2) is 0 Å². The van der Waals surface area contributed by atoms with Crippen LogP contribution in [-0.2, 0) is 13.6 Å². The van der Waals surface area contributed by atoms with E-state index in [0.29, 0.717) is 5.56 Å². The Hall–Kier alpha value is -2.80. The van der Waals surface area contributed by atoms with Gasteiger partial charge < -0.3 is 0 Å². The fourth-order valence-electron chi connectivity index (χ4n) is 2.94. The second-order valence-electron chi connectivity index (χ2n) is 5.71. The van der Waals surface area contributed by atoms with E-state index in [-0.39, 0.29) is 5.69 Å². The Balaban J connectivity index is 2.19. The van der Waals surface area contributed by atoms with Crippen molar-refractivity contribution in [2.24, 2.45) is 7.05 Å². The van der Waals surface area contributed by atoms with Gasteiger partial charge in [-0.3, -0.25) is 9.13 Å². The van der Waals surface area contributed by atoms with Crippen LogP contribution in [0, 0.1) is 11.3 Å². The van der Waals surface area contributed by atoms with Gasteiger partial charge in [0.25, 0.3) is 0 Å². The molecule has 1 heterocycles. The van der Waals surface area contributed by atoms with Crippen molar-refractivity contribution in [2.45, 2.75) is 26.3 Å². The van der Waals surface area contributed by atoms with E-state index in [2.05, 4.69) is 13.0 Å². The lowest BCUT2D eigenvalue weighted by Gasteiger charge is -2.06. The normalized spacial score (nSPS) is 10.8. The first-order valence-corrected chi connectivity index (χ1v) is 7.86. The van der Waals surface area contributed by atoms with Gasteiger partial charge in [-0.05, 0) is 35.7 Å². The number of hydrogen-bond acceptors (Lipinski definition) is 2. The first kappa shape index (κ1) is 15.1. The van der Waals surface area contributed by atoms with Crippen molar-refractivity contribution in [3.8, 4) is 17.2 Å². The van der Waals surface area contributed by atoms with Crippen LogP contribution in [0.2, 0.25) is 0 Å². The van der Waals surface area contributed by atoms with Crippen LogP contribution in [-0.4, -0.2) is 9.13 Å². The average molecular weight is 305 g/mol. The molecule has 0 N–H and O–H groups in total. The van der Waals surface area contributed by atoms with Crippen molar-refractivity contribution in [1.82, 2.24) is 9.13 Å². The number of aryl methyl sites for hydroxylation is 2. The SMILES string of the molecule is CCCCn1c(=O)n(C)c2cc(-c3ccccc3C#N)ccc21. The predicted molar refractivity (Wildman–Crippen MR) is 92.2 cm³/mol. The number of hydrogen-bond donors (Lipinski definition) is 0. The summed E-state index contributed by atoms with van der Waals surface area (Å²) in [4.78, 5) is 12.4. The van der Waals surface area contributed by atoms with E-state index in [1.807, 2.05) is 47.0 Å². The monoisotopic (exact) mass is 305 g/mol.